The molecule has 2 aliphatic rings. The number of hydrogen-bond acceptors (Lipinski definition) is 4. The molecule has 0 amide bonds. The lowest BCUT2D eigenvalue weighted by atomic mass is 10.00. The molecule has 1 N–H and O–H groups in total. The van der Waals surface area contributed by atoms with Gasteiger partial charge in [-0.1, -0.05) is 19.8 Å². The van der Waals surface area contributed by atoms with Crippen molar-refractivity contribution in [1.82, 2.24) is 4.90 Å². The van der Waals surface area contributed by atoms with Crippen LogP contribution in [0.25, 0.3) is 0 Å². The number of likely N-dealkylation sites (tertiary alicyclic amines) is 1. The van der Waals surface area contributed by atoms with E-state index in [-0.39, 0.29) is 18.1 Å². The lowest BCUT2D eigenvalue weighted by Gasteiger charge is -2.26. The van der Waals surface area contributed by atoms with Crippen molar-refractivity contribution in [1.29, 1.82) is 0 Å². The Hall–Kier alpha value is -0.610. The first kappa shape index (κ1) is 13.8. The standard InChI is InChI=1S/C14H25NO3/c1-3-4-5-12(14(17)18-2)15-8-10-6-7-13(16)11(10)9-15/h10-13,16H,3-9H2,1-2H3. The molecular formula is C14H25NO3. The third-order valence-electron chi connectivity index (χ3n) is 4.59. The van der Waals surface area contributed by atoms with Gasteiger partial charge in [-0.05, 0) is 25.2 Å². The van der Waals surface area contributed by atoms with Gasteiger partial charge in [0.15, 0.2) is 0 Å². The summed E-state index contributed by atoms with van der Waals surface area (Å²) in [7, 11) is 1.47. The third-order valence-corrected chi connectivity index (χ3v) is 4.59. The van der Waals surface area contributed by atoms with Gasteiger partial charge >= 0.3 is 5.97 Å². The summed E-state index contributed by atoms with van der Waals surface area (Å²) in [6.45, 7) is 3.94. The number of carbonyl (C=O) groups is 1. The number of aliphatic hydroxyl groups excluding tert-OH is 1. The minimum atomic E-state index is -0.163. The number of nitrogens with zero attached hydrogens (tertiary/aromatic N) is 1. The number of hydrogen-bond donors (Lipinski definition) is 1. The monoisotopic (exact) mass is 255 g/mol. The Morgan fingerprint density at radius 3 is 2.83 bits per heavy atom. The van der Waals surface area contributed by atoms with Crippen LogP contribution in [0.5, 0.6) is 0 Å². The van der Waals surface area contributed by atoms with Gasteiger partial charge in [-0.15, -0.1) is 0 Å². The highest BCUT2D eigenvalue weighted by Gasteiger charge is 2.44. The maximum atomic E-state index is 11.9. The van der Waals surface area contributed by atoms with Crippen molar-refractivity contribution in [3.8, 4) is 0 Å². The van der Waals surface area contributed by atoms with E-state index in [0.717, 1.165) is 45.2 Å². The van der Waals surface area contributed by atoms with E-state index in [4.69, 9.17) is 4.74 Å². The lowest BCUT2D eigenvalue weighted by Crippen LogP contribution is -2.41. The minimum Gasteiger partial charge on any atom is -0.468 e. The Balaban J connectivity index is 1.97. The maximum Gasteiger partial charge on any atom is 0.323 e. The molecule has 0 aromatic heterocycles. The van der Waals surface area contributed by atoms with Crippen molar-refractivity contribution >= 4 is 5.97 Å². The van der Waals surface area contributed by atoms with Crippen LogP contribution in [-0.4, -0.2) is 48.3 Å². The van der Waals surface area contributed by atoms with Crippen LogP contribution in [0.1, 0.15) is 39.0 Å². The first-order valence-electron chi connectivity index (χ1n) is 7.17. The molecule has 104 valence electrons. The van der Waals surface area contributed by atoms with Gasteiger partial charge in [0, 0.05) is 19.0 Å². The van der Waals surface area contributed by atoms with Crippen molar-refractivity contribution < 1.29 is 14.6 Å². The van der Waals surface area contributed by atoms with Crippen molar-refractivity contribution in [2.24, 2.45) is 11.8 Å². The topological polar surface area (TPSA) is 49.8 Å². The van der Waals surface area contributed by atoms with E-state index in [2.05, 4.69) is 11.8 Å². The van der Waals surface area contributed by atoms with Gasteiger partial charge in [0.05, 0.1) is 13.2 Å². The molecule has 0 bridgehead atoms. The predicted molar refractivity (Wildman–Crippen MR) is 69.1 cm³/mol. The van der Waals surface area contributed by atoms with Crippen LogP contribution in [-0.2, 0) is 9.53 Å². The molecule has 4 heteroatoms. The highest BCUT2D eigenvalue weighted by atomic mass is 16.5. The highest BCUT2D eigenvalue weighted by Crippen LogP contribution is 2.39. The summed E-state index contributed by atoms with van der Waals surface area (Å²) in [5.41, 5.74) is 0. The Morgan fingerprint density at radius 1 is 1.44 bits per heavy atom. The van der Waals surface area contributed by atoms with Crippen LogP contribution in [0, 0.1) is 11.8 Å². The van der Waals surface area contributed by atoms with Gasteiger partial charge in [-0.2, -0.15) is 0 Å². The summed E-state index contributed by atoms with van der Waals surface area (Å²) in [6, 6.07) is -0.104. The molecule has 1 aliphatic carbocycles. The van der Waals surface area contributed by atoms with E-state index < -0.39 is 0 Å². The zero-order chi connectivity index (χ0) is 13.1. The summed E-state index contributed by atoms with van der Waals surface area (Å²) in [6.07, 6.45) is 4.89. The van der Waals surface area contributed by atoms with Gasteiger partial charge in [0.25, 0.3) is 0 Å². The number of ether oxygens (including phenoxy) is 1. The summed E-state index contributed by atoms with van der Waals surface area (Å²) < 4.78 is 4.93. The van der Waals surface area contributed by atoms with E-state index in [1.54, 1.807) is 0 Å². The largest absolute Gasteiger partial charge is 0.468 e. The Kier molecular flexibility index (Phi) is 4.62. The van der Waals surface area contributed by atoms with Crippen LogP contribution in [0.15, 0.2) is 0 Å². The summed E-state index contributed by atoms with van der Waals surface area (Å²) in [5.74, 6) is 0.838. The maximum absolute atomic E-state index is 11.9. The van der Waals surface area contributed by atoms with Gasteiger partial charge < -0.3 is 9.84 Å². The second kappa shape index (κ2) is 6.02. The molecule has 2 fully saturated rings. The smallest absolute Gasteiger partial charge is 0.323 e. The normalized spacial score (nSPS) is 33.4. The van der Waals surface area contributed by atoms with E-state index in [0.29, 0.717) is 11.8 Å². The molecule has 1 aliphatic heterocycles. The quantitative estimate of drug-likeness (QED) is 0.755. The van der Waals surface area contributed by atoms with E-state index in [9.17, 15) is 9.90 Å². The van der Waals surface area contributed by atoms with Crippen LogP contribution >= 0.6 is 0 Å². The first-order chi connectivity index (χ1) is 8.67. The molecule has 18 heavy (non-hydrogen) atoms. The summed E-state index contributed by atoms with van der Waals surface area (Å²) in [4.78, 5) is 14.1. The molecule has 2 rings (SSSR count). The fourth-order valence-electron chi connectivity index (χ4n) is 3.51. The van der Waals surface area contributed by atoms with E-state index in [1.165, 1.54) is 7.11 Å². The van der Waals surface area contributed by atoms with E-state index in [1.807, 2.05) is 0 Å². The molecule has 1 saturated carbocycles. The first-order valence-corrected chi connectivity index (χ1v) is 7.17. The Morgan fingerprint density at radius 2 is 2.22 bits per heavy atom. The predicted octanol–water partition coefficient (Wildman–Crippen LogP) is 1.42. The number of esters is 1. The van der Waals surface area contributed by atoms with Crippen molar-refractivity contribution in [2.45, 2.75) is 51.2 Å². The van der Waals surface area contributed by atoms with Gasteiger partial charge in [0.2, 0.25) is 0 Å². The van der Waals surface area contributed by atoms with Gasteiger partial charge in [0.1, 0.15) is 6.04 Å². The number of fused-ring (bicyclic) bond motifs is 1. The average molecular weight is 255 g/mol. The number of rotatable bonds is 5. The van der Waals surface area contributed by atoms with Crippen molar-refractivity contribution in [2.75, 3.05) is 20.2 Å². The van der Waals surface area contributed by atoms with Crippen LogP contribution < -0.4 is 0 Å². The molecular weight excluding hydrogens is 230 g/mol. The number of unbranched alkanes of at least 4 members (excludes halogenated alkanes) is 1. The molecule has 4 unspecified atom stereocenters. The van der Waals surface area contributed by atoms with Gasteiger partial charge in [-0.3, -0.25) is 9.69 Å². The molecule has 0 aromatic rings. The molecule has 4 nitrogen and oxygen atoms in total. The zero-order valence-corrected chi connectivity index (χ0v) is 11.5. The summed E-state index contributed by atoms with van der Waals surface area (Å²) in [5, 5.41) is 9.93. The number of aliphatic hydroxyl groups is 1. The van der Waals surface area contributed by atoms with Crippen molar-refractivity contribution in [3.05, 3.63) is 0 Å². The average Bonchev–Trinajstić information content (AvgIpc) is 2.92. The minimum absolute atomic E-state index is 0.104. The second-order valence-electron chi connectivity index (χ2n) is 5.70. The molecule has 0 spiro atoms. The number of carbonyl (C=O) groups excluding carboxylic acids is 1. The van der Waals surface area contributed by atoms with Crippen LogP contribution in [0.3, 0.4) is 0 Å². The lowest BCUT2D eigenvalue weighted by molar-refractivity contribution is -0.147. The Labute approximate surface area is 109 Å². The Bertz CT molecular complexity index is 295. The fourth-order valence-corrected chi connectivity index (χ4v) is 3.51. The van der Waals surface area contributed by atoms with Gasteiger partial charge in [-0.25, -0.2) is 0 Å². The van der Waals surface area contributed by atoms with E-state index >= 15 is 0 Å². The second-order valence-corrected chi connectivity index (χ2v) is 5.70. The van der Waals surface area contributed by atoms with Crippen LogP contribution in [0.2, 0.25) is 0 Å². The molecule has 0 radical (unpaired) electrons. The number of methoxy groups -OCH3 is 1. The highest BCUT2D eigenvalue weighted by molar-refractivity contribution is 5.75. The third kappa shape index (κ3) is 2.69. The van der Waals surface area contributed by atoms with Crippen molar-refractivity contribution in [3.63, 3.8) is 0 Å². The molecule has 0 aromatic carbocycles. The molecule has 1 heterocycles. The zero-order valence-electron chi connectivity index (χ0n) is 11.5. The molecule has 4 atom stereocenters. The molecule has 1 saturated heterocycles. The van der Waals surface area contributed by atoms with Crippen LogP contribution in [0.4, 0.5) is 0 Å². The fraction of sp³-hybridized carbons (Fsp3) is 0.929. The SMILES string of the molecule is CCCCC(C(=O)OC)N1CC2CCC(O)C2C1. The summed E-state index contributed by atoms with van der Waals surface area (Å²) >= 11 is 0.